The SMILES string of the molecule is COc1ccc(C[C@H]2NC[C@H](O)[C@H]2OC(=O)NCCc2cnn(Cc3ccccc3)c2)cc1. The minimum atomic E-state index is -0.741. The van der Waals surface area contributed by atoms with Crippen LogP contribution in [0.5, 0.6) is 5.75 Å². The number of carbonyl (C=O) groups excluding carboxylic acids is 1. The van der Waals surface area contributed by atoms with Crippen LogP contribution < -0.4 is 15.4 Å². The van der Waals surface area contributed by atoms with E-state index in [0.29, 0.717) is 32.5 Å². The largest absolute Gasteiger partial charge is 0.497 e. The van der Waals surface area contributed by atoms with Crippen molar-refractivity contribution in [3.8, 4) is 5.75 Å². The van der Waals surface area contributed by atoms with Crippen LogP contribution in [0, 0.1) is 0 Å². The first kappa shape index (κ1) is 22.8. The average molecular weight is 451 g/mol. The normalized spacial score (nSPS) is 19.9. The number of aliphatic hydroxyl groups excluding tert-OH is 1. The van der Waals surface area contributed by atoms with Gasteiger partial charge < -0.3 is 25.2 Å². The van der Waals surface area contributed by atoms with Gasteiger partial charge >= 0.3 is 6.09 Å². The van der Waals surface area contributed by atoms with Crippen molar-refractivity contribution in [1.82, 2.24) is 20.4 Å². The van der Waals surface area contributed by atoms with E-state index in [0.717, 1.165) is 16.9 Å². The summed E-state index contributed by atoms with van der Waals surface area (Å²) < 4.78 is 12.6. The number of benzene rings is 2. The molecule has 0 radical (unpaired) electrons. The molecule has 1 aliphatic heterocycles. The van der Waals surface area contributed by atoms with Crippen molar-refractivity contribution in [3.63, 3.8) is 0 Å². The van der Waals surface area contributed by atoms with E-state index in [1.165, 1.54) is 5.56 Å². The molecule has 1 aromatic heterocycles. The third-order valence-corrected chi connectivity index (χ3v) is 5.78. The zero-order valence-electron chi connectivity index (χ0n) is 18.7. The number of amides is 1. The molecule has 33 heavy (non-hydrogen) atoms. The van der Waals surface area contributed by atoms with Crippen molar-refractivity contribution in [3.05, 3.63) is 83.7 Å². The van der Waals surface area contributed by atoms with Gasteiger partial charge in [-0.1, -0.05) is 42.5 Å². The van der Waals surface area contributed by atoms with Crippen LogP contribution in [0.1, 0.15) is 16.7 Å². The molecule has 174 valence electrons. The van der Waals surface area contributed by atoms with Crippen LogP contribution in [-0.4, -0.2) is 59.4 Å². The Labute approximate surface area is 193 Å². The van der Waals surface area contributed by atoms with Gasteiger partial charge in [0.05, 0.1) is 25.9 Å². The van der Waals surface area contributed by atoms with Crippen LogP contribution in [0.3, 0.4) is 0 Å². The maximum Gasteiger partial charge on any atom is 0.407 e. The molecule has 0 spiro atoms. The van der Waals surface area contributed by atoms with Crippen molar-refractivity contribution in [2.24, 2.45) is 0 Å². The number of nitrogens with zero attached hydrogens (tertiary/aromatic N) is 2. The molecule has 4 rings (SSSR count). The van der Waals surface area contributed by atoms with Gasteiger partial charge in [0.25, 0.3) is 0 Å². The summed E-state index contributed by atoms with van der Waals surface area (Å²) in [6.07, 6.45) is 3.20. The number of ether oxygens (including phenoxy) is 2. The molecular formula is C25H30N4O4. The molecule has 3 aromatic rings. The van der Waals surface area contributed by atoms with Crippen LogP contribution in [-0.2, 0) is 24.1 Å². The summed E-state index contributed by atoms with van der Waals surface area (Å²) in [5, 5.41) is 20.7. The predicted molar refractivity (Wildman–Crippen MR) is 124 cm³/mol. The molecule has 8 nitrogen and oxygen atoms in total. The van der Waals surface area contributed by atoms with Crippen molar-refractivity contribution in [1.29, 1.82) is 0 Å². The fourth-order valence-electron chi connectivity index (χ4n) is 4.00. The highest BCUT2D eigenvalue weighted by atomic mass is 16.6. The first-order valence-corrected chi connectivity index (χ1v) is 11.1. The number of rotatable bonds is 9. The molecule has 0 unspecified atom stereocenters. The molecule has 0 bridgehead atoms. The third kappa shape index (κ3) is 6.34. The monoisotopic (exact) mass is 450 g/mol. The lowest BCUT2D eigenvalue weighted by atomic mass is 10.0. The van der Waals surface area contributed by atoms with Crippen LogP contribution in [0.4, 0.5) is 4.79 Å². The van der Waals surface area contributed by atoms with Crippen LogP contribution >= 0.6 is 0 Å². The van der Waals surface area contributed by atoms with Crippen LogP contribution in [0.15, 0.2) is 67.0 Å². The first-order chi connectivity index (χ1) is 16.1. The number of carbonyl (C=O) groups is 1. The van der Waals surface area contributed by atoms with Crippen molar-refractivity contribution >= 4 is 6.09 Å². The zero-order chi connectivity index (χ0) is 23.0. The number of hydrogen-bond acceptors (Lipinski definition) is 6. The Morgan fingerprint density at radius 3 is 2.70 bits per heavy atom. The molecule has 3 N–H and O–H groups in total. The van der Waals surface area contributed by atoms with E-state index in [4.69, 9.17) is 9.47 Å². The summed E-state index contributed by atoms with van der Waals surface area (Å²) in [4.78, 5) is 12.4. The lowest BCUT2D eigenvalue weighted by Crippen LogP contribution is -2.41. The van der Waals surface area contributed by atoms with Gasteiger partial charge in [-0.3, -0.25) is 4.68 Å². The standard InChI is InChI=1S/C25H30N4O4/c1-32-21-9-7-18(8-10-21)13-22-24(23(30)15-27-22)33-25(31)26-12-11-20-14-28-29(17-20)16-19-5-3-2-4-6-19/h2-10,14,17,22-24,27,30H,11-13,15-16H2,1H3,(H,26,31)/t22-,23+,24+/m1/s1. The Morgan fingerprint density at radius 1 is 1.15 bits per heavy atom. The fourth-order valence-corrected chi connectivity index (χ4v) is 4.00. The summed E-state index contributed by atoms with van der Waals surface area (Å²) in [5.74, 6) is 0.788. The Bertz CT molecular complexity index is 1020. The number of aliphatic hydroxyl groups is 1. The molecule has 1 fully saturated rings. The van der Waals surface area contributed by atoms with E-state index >= 15 is 0 Å². The number of β-amino-alcohol motifs (C(OH)–C–C–N with tert-alkyl or cyclic N) is 1. The summed E-state index contributed by atoms with van der Waals surface area (Å²) in [5.41, 5.74) is 3.29. The average Bonchev–Trinajstić information content (AvgIpc) is 3.41. The van der Waals surface area contributed by atoms with E-state index in [-0.39, 0.29) is 6.04 Å². The Kier molecular flexibility index (Phi) is 7.59. The smallest absolute Gasteiger partial charge is 0.407 e. The number of alkyl carbamates (subject to hydrolysis) is 1. The van der Waals surface area contributed by atoms with Crippen molar-refractivity contribution in [2.75, 3.05) is 20.2 Å². The maximum atomic E-state index is 12.4. The van der Waals surface area contributed by atoms with E-state index in [9.17, 15) is 9.90 Å². The Hall–Kier alpha value is -3.36. The van der Waals surface area contributed by atoms with Gasteiger partial charge in [-0.15, -0.1) is 0 Å². The summed E-state index contributed by atoms with van der Waals surface area (Å²) in [6.45, 7) is 1.52. The quantitative estimate of drug-likeness (QED) is 0.462. The minimum Gasteiger partial charge on any atom is -0.497 e. The second kappa shape index (κ2) is 11.0. The molecule has 1 saturated heterocycles. The second-order valence-electron chi connectivity index (χ2n) is 8.21. The first-order valence-electron chi connectivity index (χ1n) is 11.1. The predicted octanol–water partition coefficient (Wildman–Crippen LogP) is 2.15. The lowest BCUT2D eigenvalue weighted by molar-refractivity contribution is 0.0191. The summed E-state index contributed by atoms with van der Waals surface area (Å²) in [6, 6.07) is 17.7. The Balaban J connectivity index is 1.23. The number of aromatic nitrogens is 2. The summed E-state index contributed by atoms with van der Waals surface area (Å²) in [7, 11) is 1.63. The zero-order valence-corrected chi connectivity index (χ0v) is 18.7. The Morgan fingerprint density at radius 2 is 1.94 bits per heavy atom. The number of methoxy groups -OCH3 is 1. The highest BCUT2D eigenvalue weighted by Crippen LogP contribution is 2.19. The highest BCUT2D eigenvalue weighted by molar-refractivity contribution is 5.67. The van der Waals surface area contributed by atoms with Crippen LogP contribution in [0.2, 0.25) is 0 Å². The third-order valence-electron chi connectivity index (χ3n) is 5.78. The van der Waals surface area contributed by atoms with Gasteiger partial charge in [0, 0.05) is 19.3 Å². The van der Waals surface area contributed by atoms with Gasteiger partial charge in [-0.2, -0.15) is 5.10 Å². The van der Waals surface area contributed by atoms with Gasteiger partial charge in [-0.25, -0.2) is 4.79 Å². The fraction of sp³-hybridized carbons (Fsp3) is 0.360. The number of nitrogens with one attached hydrogen (secondary N) is 2. The maximum absolute atomic E-state index is 12.4. The van der Waals surface area contributed by atoms with Crippen molar-refractivity contribution < 1.29 is 19.4 Å². The van der Waals surface area contributed by atoms with Gasteiger partial charge in [0.15, 0.2) is 0 Å². The molecule has 8 heteroatoms. The van der Waals surface area contributed by atoms with E-state index in [1.54, 1.807) is 7.11 Å². The molecule has 1 aliphatic rings. The summed E-state index contributed by atoms with van der Waals surface area (Å²) >= 11 is 0. The van der Waals surface area contributed by atoms with Gasteiger partial charge in [-0.05, 0) is 41.7 Å². The van der Waals surface area contributed by atoms with Crippen LogP contribution in [0.25, 0.3) is 0 Å². The molecule has 2 aromatic carbocycles. The second-order valence-corrected chi connectivity index (χ2v) is 8.21. The number of hydrogen-bond donors (Lipinski definition) is 3. The molecular weight excluding hydrogens is 420 g/mol. The van der Waals surface area contributed by atoms with Gasteiger partial charge in [0.2, 0.25) is 0 Å². The van der Waals surface area contributed by atoms with E-state index in [2.05, 4.69) is 27.9 Å². The van der Waals surface area contributed by atoms with E-state index < -0.39 is 18.3 Å². The minimum absolute atomic E-state index is 0.157. The molecule has 3 atom stereocenters. The molecule has 0 saturated carbocycles. The van der Waals surface area contributed by atoms with Crippen molar-refractivity contribution in [2.45, 2.75) is 37.6 Å². The topological polar surface area (TPSA) is 97.6 Å². The highest BCUT2D eigenvalue weighted by Gasteiger charge is 2.37. The molecule has 0 aliphatic carbocycles. The lowest BCUT2D eigenvalue weighted by Gasteiger charge is -2.22. The molecule has 2 heterocycles. The molecule has 1 amide bonds. The van der Waals surface area contributed by atoms with E-state index in [1.807, 2.05) is 59.5 Å². The van der Waals surface area contributed by atoms with Gasteiger partial charge in [0.1, 0.15) is 18.0 Å².